The Hall–Kier alpha value is -2.37. The summed E-state index contributed by atoms with van der Waals surface area (Å²) in [5.74, 6) is -0.396. The fraction of sp³-hybridized carbons (Fsp3) is 0.250. The van der Waals surface area contributed by atoms with Crippen molar-refractivity contribution in [3.05, 3.63) is 52.8 Å². The molecule has 0 amide bonds. The first kappa shape index (κ1) is 18.0. The van der Waals surface area contributed by atoms with Crippen molar-refractivity contribution in [3.8, 4) is 11.1 Å². The summed E-state index contributed by atoms with van der Waals surface area (Å²) < 4.78 is 0. The van der Waals surface area contributed by atoms with Gasteiger partial charge in [0.2, 0.25) is 0 Å². The molecular formula is C20H17Cl2N3O2. The fourth-order valence-corrected chi connectivity index (χ4v) is 3.93. The van der Waals surface area contributed by atoms with E-state index in [9.17, 15) is 9.90 Å². The van der Waals surface area contributed by atoms with Crippen LogP contribution in [0.5, 0.6) is 0 Å². The second kappa shape index (κ2) is 7.33. The first-order valence-corrected chi connectivity index (χ1v) is 9.46. The molecule has 0 saturated carbocycles. The highest BCUT2D eigenvalue weighted by atomic mass is 35.5. The van der Waals surface area contributed by atoms with Crippen LogP contribution in [-0.2, 0) is 4.79 Å². The van der Waals surface area contributed by atoms with Crippen LogP contribution >= 0.6 is 23.2 Å². The SMILES string of the molecule is O=C(O)[C@H]1CCCN(c2ncnc3cc(Cl)c(-c4ccc(Cl)cc4)cc23)C1. The van der Waals surface area contributed by atoms with Gasteiger partial charge in [-0.2, -0.15) is 0 Å². The van der Waals surface area contributed by atoms with Gasteiger partial charge in [0.1, 0.15) is 12.1 Å². The molecule has 27 heavy (non-hydrogen) atoms. The van der Waals surface area contributed by atoms with Gasteiger partial charge in [-0.15, -0.1) is 0 Å². The van der Waals surface area contributed by atoms with Gasteiger partial charge in [0.15, 0.2) is 0 Å². The van der Waals surface area contributed by atoms with Crippen LogP contribution in [0.3, 0.4) is 0 Å². The van der Waals surface area contributed by atoms with Crippen LogP contribution in [0.15, 0.2) is 42.7 Å². The summed E-state index contributed by atoms with van der Waals surface area (Å²) in [5.41, 5.74) is 2.55. The second-order valence-electron chi connectivity index (χ2n) is 6.68. The van der Waals surface area contributed by atoms with E-state index >= 15 is 0 Å². The molecule has 1 atom stereocenters. The molecule has 4 rings (SSSR count). The topological polar surface area (TPSA) is 66.3 Å². The monoisotopic (exact) mass is 401 g/mol. The molecule has 0 radical (unpaired) electrons. The largest absolute Gasteiger partial charge is 0.481 e. The van der Waals surface area contributed by atoms with Gasteiger partial charge in [-0.3, -0.25) is 4.79 Å². The normalized spacial score (nSPS) is 17.3. The lowest BCUT2D eigenvalue weighted by Crippen LogP contribution is -2.39. The van der Waals surface area contributed by atoms with Crippen LogP contribution < -0.4 is 4.90 Å². The number of fused-ring (bicyclic) bond motifs is 1. The number of halogens is 2. The van der Waals surface area contributed by atoms with E-state index in [1.807, 2.05) is 41.3 Å². The summed E-state index contributed by atoms with van der Waals surface area (Å²) in [6.07, 6.45) is 3.01. The number of carboxylic acids is 1. The van der Waals surface area contributed by atoms with E-state index in [0.29, 0.717) is 23.0 Å². The number of piperidine rings is 1. The fourth-order valence-electron chi connectivity index (χ4n) is 3.54. The minimum Gasteiger partial charge on any atom is -0.481 e. The van der Waals surface area contributed by atoms with Crippen molar-refractivity contribution in [2.24, 2.45) is 5.92 Å². The summed E-state index contributed by atoms with van der Waals surface area (Å²) in [5, 5.41) is 11.5. The maximum atomic E-state index is 11.4. The molecule has 7 heteroatoms. The van der Waals surface area contributed by atoms with Crippen LogP contribution in [0, 0.1) is 5.92 Å². The highest BCUT2D eigenvalue weighted by Gasteiger charge is 2.27. The number of carbonyl (C=O) groups is 1. The Labute approximate surface area is 166 Å². The number of anilines is 1. The molecule has 138 valence electrons. The smallest absolute Gasteiger partial charge is 0.308 e. The number of aliphatic carboxylic acids is 1. The quantitative estimate of drug-likeness (QED) is 0.675. The van der Waals surface area contributed by atoms with Crippen LogP contribution in [0.4, 0.5) is 5.82 Å². The predicted molar refractivity (Wildman–Crippen MR) is 108 cm³/mol. The van der Waals surface area contributed by atoms with Crippen molar-refractivity contribution in [2.45, 2.75) is 12.8 Å². The minimum atomic E-state index is -0.761. The molecule has 0 aliphatic carbocycles. The third-order valence-corrected chi connectivity index (χ3v) is 5.49. The molecule has 1 N–H and O–H groups in total. The lowest BCUT2D eigenvalue weighted by atomic mass is 9.97. The number of nitrogens with zero attached hydrogens (tertiary/aromatic N) is 3. The highest BCUT2D eigenvalue weighted by Crippen LogP contribution is 2.36. The van der Waals surface area contributed by atoms with Crippen LogP contribution in [0.2, 0.25) is 10.0 Å². The molecule has 2 aromatic carbocycles. The summed E-state index contributed by atoms with van der Waals surface area (Å²) >= 11 is 12.5. The first-order valence-electron chi connectivity index (χ1n) is 8.71. The third kappa shape index (κ3) is 3.57. The summed E-state index contributed by atoms with van der Waals surface area (Å²) in [4.78, 5) is 22.3. The Morgan fingerprint density at radius 2 is 1.93 bits per heavy atom. The first-order chi connectivity index (χ1) is 13.0. The molecule has 1 fully saturated rings. The van der Waals surface area contributed by atoms with Crippen LogP contribution in [0.25, 0.3) is 22.0 Å². The van der Waals surface area contributed by atoms with E-state index < -0.39 is 5.97 Å². The lowest BCUT2D eigenvalue weighted by Gasteiger charge is -2.32. The van der Waals surface area contributed by atoms with Crippen LogP contribution in [0.1, 0.15) is 12.8 Å². The zero-order valence-electron chi connectivity index (χ0n) is 14.4. The molecule has 3 aromatic rings. The standard InChI is InChI=1S/C20H17Cl2N3O2/c21-14-5-3-12(4-6-14)15-8-16-18(9-17(15)22)23-11-24-19(16)25-7-1-2-13(10-25)20(26)27/h3-6,8-9,11,13H,1-2,7,10H2,(H,26,27)/t13-/m0/s1. The Morgan fingerprint density at radius 1 is 1.15 bits per heavy atom. The number of rotatable bonds is 3. The molecule has 1 aromatic heterocycles. The van der Waals surface area contributed by atoms with E-state index in [1.54, 1.807) is 0 Å². The van der Waals surface area contributed by atoms with Gasteiger partial charge in [0.25, 0.3) is 0 Å². The van der Waals surface area contributed by atoms with Crippen molar-refractivity contribution in [1.29, 1.82) is 0 Å². The van der Waals surface area contributed by atoms with Gasteiger partial charge in [0, 0.05) is 29.1 Å². The number of benzene rings is 2. The summed E-state index contributed by atoms with van der Waals surface area (Å²) in [7, 11) is 0. The van der Waals surface area contributed by atoms with Crippen molar-refractivity contribution in [3.63, 3.8) is 0 Å². The molecule has 0 unspecified atom stereocenters. The van der Waals surface area contributed by atoms with E-state index in [1.165, 1.54) is 6.33 Å². The number of hydrogen-bond acceptors (Lipinski definition) is 4. The van der Waals surface area contributed by atoms with E-state index in [4.69, 9.17) is 23.2 Å². The Bertz CT molecular complexity index is 1010. The van der Waals surface area contributed by atoms with E-state index in [0.717, 1.165) is 40.8 Å². The average molecular weight is 402 g/mol. The van der Waals surface area contributed by atoms with Crippen molar-refractivity contribution in [2.75, 3.05) is 18.0 Å². The van der Waals surface area contributed by atoms with Crippen LogP contribution in [-0.4, -0.2) is 34.1 Å². The zero-order valence-corrected chi connectivity index (χ0v) is 15.9. The zero-order chi connectivity index (χ0) is 19.0. The second-order valence-corrected chi connectivity index (χ2v) is 7.52. The van der Waals surface area contributed by atoms with E-state index in [-0.39, 0.29) is 5.92 Å². The molecule has 0 bridgehead atoms. The molecule has 1 aliphatic heterocycles. The van der Waals surface area contributed by atoms with Crippen molar-refractivity contribution < 1.29 is 9.90 Å². The Morgan fingerprint density at radius 3 is 2.67 bits per heavy atom. The molecule has 1 saturated heterocycles. The van der Waals surface area contributed by atoms with Gasteiger partial charge in [0.05, 0.1) is 16.5 Å². The highest BCUT2D eigenvalue weighted by molar-refractivity contribution is 6.34. The molecule has 1 aliphatic rings. The molecule has 2 heterocycles. The maximum Gasteiger partial charge on any atom is 0.308 e. The van der Waals surface area contributed by atoms with Gasteiger partial charge in [-0.25, -0.2) is 9.97 Å². The number of hydrogen-bond donors (Lipinski definition) is 1. The third-order valence-electron chi connectivity index (χ3n) is 4.93. The molecule has 0 spiro atoms. The van der Waals surface area contributed by atoms with Gasteiger partial charge in [-0.1, -0.05) is 35.3 Å². The summed E-state index contributed by atoms with van der Waals surface area (Å²) in [6.45, 7) is 1.22. The number of aromatic nitrogens is 2. The van der Waals surface area contributed by atoms with Gasteiger partial charge >= 0.3 is 5.97 Å². The molecular weight excluding hydrogens is 385 g/mol. The van der Waals surface area contributed by atoms with Gasteiger partial charge < -0.3 is 10.0 Å². The lowest BCUT2D eigenvalue weighted by molar-refractivity contribution is -0.141. The summed E-state index contributed by atoms with van der Waals surface area (Å²) in [6, 6.07) is 11.3. The van der Waals surface area contributed by atoms with Crippen molar-refractivity contribution >= 4 is 45.9 Å². The maximum absolute atomic E-state index is 11.4. The van der Waals surface area contributed by atoms with Crippen molar-refractivity contribution in [1.82, 2.24) is 9.97 Å². The predicted octanol–water partition coefficient (Wildman–Crippen LogP) is 4.90. The average Bonchev–Trinajstić information content (AvgIpc) is 2.68. The Kier molecular flexibility index (Phi) is 4.89. The Balaban J connectivity index is 1.81. The van der Waals surface area contributed by atoms with E-state index in [2.05, 4.69) is 9.97 Å². The minimum absolute atomic E-state index is 0.383. The van der Waals surface area contributed by atoms with Gasteiger partial charge in [-0.05, 0) is 42.7 Å². The molecule has 5 nitrogen and oxygen atoms in total. The number of carboxylic acid groups (broad SMARTS) is 1.